The van der Waals surface area contributed by atoms with Crippen molar-refractivity contribution in [2.45, 2.75) is 0 Å². The molecule has 12 aromatic rings. The number of aromatic nitrogens is 6. The Hall–Kier alpha value is -7.83. The van der Waals surface area contributed by atoms with Gasteiger partial charge in [-0.3, -0.25) is 0 Å². The molecule has 0 saturated carbocycles. The van der Waals surface area contributed by atoms with Crippen LogP contribution in [0, 0.1) is 0 Å². The predicted molar refractivity (Wildman–Crippen MR) is 234 cm³/mol. The van der Waals surface area contributed by atoms with E-state index in [0.717, 1.165) is 44.4 Å². The molecular formula is C51H32N6. The molecule has 266 valence electrons. The molecule has 4 heterocycles. The molecule has 0 N–H and O–H groups in total. The van der Waals surface area contributed by atoms with Gasteiger partial charge in [0.15, 0.2) is 17.5 Å². The summed E-state index contributed by atoms with van der Waals surface area (Å²) in [5.74, 6) is 1.91. The lowest BCUT2D eigenvalue weighted by Crippen LogP contribution is -2.01. The normalized spacial score (nSPS) is 11.9. The van der Waals surface area contributed by atoms with Gasteiger partial charge < -0.3 is 13.4 Å². The van der Waals surface area contributed by atoms with Gasteiger partial charge in [-0.2, -0.15) is 0 Å². The summed E-state index contributed by atoms with van der Waals surface area (Å²) >= 11 is 0. The van der Waals surface area contributed by atoms with Crippen LogP contribution in [-0.2, 0) is 0 Å². The summed E-state index contributed by atoms with van der Waals surface area (Å²) in [5.41, 5.74) is 12.9. The first-order valence-electron chi connectivity index (χ1n) is 19.2. The van der Waals surface area contributed by atoms with E-state index in [1.807, 2.05) is 60.7 Å². The highest BCUT2D eigenvalue weighted by atomic mass is 15.0. The molecule has 57 heavy (non-hydrogen) atoms. The van der Waals surface area contributed by atoms with E-state index in [2.05, 4.69) is 147 Å². The van der Waals surface area contributed by atoms with Crippen molar-refractivity contribution in [3.05, 3.63) is 194 Å². The van der Waals surface area contributed by atoms with Gasteiger partial charge in [-0.25, -0.2) is 15.0 Å². The number of hydrogen-bond acceptors (Lipinski definition) is 3. The van der Waals surface area contributed by atoms with Crippen LogP contribution in [0.4, 0.5) is 0 Å². The Labute approximate surface area is 326 Å². The van der Waals surface area contributed by atoms with Crippen LogP contribution in [0.15, 0.2) is 194 Å². The first kappa shape index (κ1) is 31.5. The van der Waals surface area contributed by atoms with Crippen LogP contribution in [0.3, 0.4) is 0 Å². The Kier molecular flexibility index (Phi) is 6.83. The van der Waals surface area contributed by atoms with Crippen LogP contribution in [0.1, 0.15) is 0 Å². The molecule has 6 nitrogen and oxygen atoms in total. The predicted octanol–water partition coefficient (Wildman–Crippen LogP) is 12.5. The Balaban J connectivity index is 1.14. The zero-order chi connectivity index (χ0) is 37.5. The van der Waals surface area contributed by atoms with Crippen LogP contribution in [0.25, 0.3) is 106 Å². The molecule has 0 aliphatic rings. The fourth-order valence-electron chi connectivity index (χ4n) is 8.67. The quantitative estimate of drug-likeness (QED) is 0.181. The number of benzene rings is 8. The Morgan fingerprint density at radius 2 is 0.702 bits per heavy atom. The number of rotatable bonds is 4. The molecule has 4 aromatic heterocycles. The van der Waals surface area contributed by atoms with Crippen LogP contribution >= 0.6 is 0 Å². The number of hydrogen-bond donors (Lipinski definition) is 0. The summed E-state index contributed by atoms with van der Waals surface area (Å²) in [4.78, 5) is 14.9. The van der Waals surface area contributed by atoms with Crippen molar-refractivity contribution in [3.8, 4) is 39.9 Å². The molecule has 8 aromatic carbocycles. The molecule has 0 amide bonds. The summed E-state index contributed by atoms with van der Waals surface area (Å²) in [7, 11) is 0. The maximum atomic E-state index is 5.00. The molecule has 6 bridgehead atoms. The fourth-order valence-corrected chi connectivity index (χ4v) is 8.67. The van der Waals surface area contributed by atoms with Crippen molar-refractivity contribution in [2.24, 2.45) is 0 Å². The zero-order valence-electron chi connectivity index (χ0n) is 30.7. The Morgan fingerprint density at radius 1 is 0.281 bits per heavy atom. The minimum atomic E-state index is 0.625. The SMILES string of the molecule is c1ccc(-c2nc(-c3ccccc3)nc(-c3ccc(-n4c5cccc(c5)n5c6ccccc6c6cc7c8ccccc8n(c8cccc4c8)c7cc65)cc3)n2)cc1. The average molecular weight is 729 g/mol. The summed E-state index contributed by atoms with van der Waals surface area (Å²) in [6.07, 6.45) is 0. The van der Waals surface area contributed by atoms with E-state index in [0.29, 0.717) is 17.5 Å². The van der Waals surface area contributed by atoms with Crippen molar-refractivity contribution in [1.29, 1.82) is 0 Å². The maximum Gasteiger partial charge on any atom is 0.164 e. The van der Waals surface area contributed by atoms with Gasteiger partial charge in [0.1, 0.15) is 0 Å². The van der Waals surface area contributed by atoms with Gasteiger partial charge in [0.05, 0.1) is 22.1 Å². The summed E-state index contributed by atoms with van der Waals surface area (Å²) in [5, 5.41) is 4.97. The van der Waals surface area contributed by atoms with E-state index >= 15 is 0 Å². The van der Waals surface area contributed by atoms with Crippen molar-refractivity contribution in [3.63, 3.8) is 0 Å². The smallest absolute Gasteiger partial charge is 0.164 e. The van der Waals surface area contributed by atoms with E-state index in [4.69, 9.17) is 15.0 Å². The topological polar surface area (TPSA) is 52.4 Å². The second-order valence-corrected chi connectivity index (χ2v) is 14.6. The highest BCUT2D eigenvalue weighted by Crippen LogP contribution is 2.38. The standard InChI is InChI=1S/C51H32N6/c1-3-13-33(14-4-1)49-52-50(34-15-5-2-6-16-34)54-51(53-49)35-25-27-36(28-26-35)55-37-17-11-19-39(29-37)56-45-23-9-7-21-41(45)43-31-44-42-22-8-10-24-46(42)57(48(44)32-47(43)56)40-20-12-18-38(55)30-40/h1-32H. The van der Waals surface area contributed by atoms with Crippen molar-refractivity contribution in [2.75, 3.05) is 0 Å². The van der Waals surface area contributed by atoms with Crippen molar-refractivity contribution >= 4 is 65.7 Å². The van der Waals surface area contributed by atoms with Gasteiger partial charge in [-0.05, 0) is 84.9 Å². The molecule has 12 rings (SSSR count). The molecule has 0 spiro atoms. The van der Waals surface area contributed by atoms with E-state index in [9.17, 15) is 0 Å². The minimum Gasteiger partial charge on any atom is -0.310 e. The highest BCUT2D eigenvalue weighted by Gasteiger charge is 2.17. The highest BCUT2D eigenvalue weighted by molar-refractivity contribution is 6.19. The molecule has 0 fully saturated rings. The molecule has 0 radical (unpaired) electrons. The molecular weight excluding hydrogens is 697 g/mol. The van der Waals surface area contributed by atoms with E-state index < -0.39 is 0 Å². The molecule has 0 unspecified atom stereocenters. The first-order chi connectivity index (χ1) is 28.2. The van der Waals surface area contributed by atoms with Crippen LogP contribution < -0.4 is 0 Å². The molecule has 6 heteroatoms. The summed E-state index contributed by atoms with van der Waals surface area (Å²) in [6.45, 7) is 0. The van der Waals surface area contributed by atoms with Crippen molar-refractivity contribution < 1.29 is 0 Å². The van der Waals surface area contributed by atoms with Gasteiger partial charge in [-0.1, -0.05) is 109 Å². The van der Waals surface area contributed by atoms with Gasteiger partial charge >= 0.3 is 0 Å². The molecule has 0 saturated heterocycles. The third-order valence-corrected chi connectivity index (χ3v) is 11.2. The zero-order valence-corrected chi connectivity index (χ0v) is 30.7. The first-order valence-corrected chi connectivity index (χ1v) is 19.2. The lowest BCUT2D eigenvalue weighted by Gasteiger charge is -2.14. The van der Waals surface area contributed by atoms with E-state index in [-0.39, 0.29) is 0 Å². The monoisotopic (exact) mass is 728 g/mol. The lowest BCUT2D eigenvalue weighted by atomic mass is 10.1. The van der Waals surface area contributed by atoms with Crippen LogP contribution in [-0.4, -0.2) is 28.3 Å². The van der Waals surface area contributed by atoms with Gasteiger partial charge in [0.25, 0.3) is 0 Å². The number of fused-ring (bicyclic) bond motifs is 12. The Morgan fingerprint density at radius 3 is 1.19 bits per heavy atom. The number of para-hydroxylation sites is 2. The van der Waals surface area contributed by atoms with E-state index in [1.165, 1.54) is 43.6 Å². The number of nitrogens with zero attached hydrogens (tertiary/aromatic N) is 6. The third kappa shape index (κ3) is 4.94. The van der Waals surface area contributed by atoms with E-state index in [1.54, 1.807) is 0 Å². The van der Waals surface area contributed by atoms with Crippen molar-refractivity contribution in [1.82, 2.24) is 28.3 Å². The fraction of sp³-hybridized carbons (Fsp3) is 0. The average Bonchev–Trinajstić information content (AvgIpc) is 3.78. The Bertz CT molecular complexity index is 3350. The van der Waals surface area contributed by atoms with Gasteiger partial charge in [-0.15, -0.1) is 0 Å². The third-order valence-electron chi connectivity index (χ3n) is 11.2. The largest absolute Gasteiger partial charge is 0.310 e. The van der Waals surface area contributed by atoms with Crippen LogP contribution in [0.5, 0.6) is 0 Å². The molecule has 0 atom stereocenters. The lowest BCUT2D eigenvalue weighted by molar-refractivity contribution is 1.07. The minimum absolute atomic E-state index is 0.625. The second kappa shape index (κ2) is 12.3. The summed E-state index contributed by atoms with van der Waals surface area (Å²) in [6, 6.07) is 68.8. The summed E-state index contributed by atoms with van der Waals surface area (Å²) < 4.78 is 7.18. The molecule has 0 aliphatic heterocycles. The van der Waals surface area contributed by atoms with Gasteiger partial charge in [0.2, 0.25) is 0 Å². The molecule has 0 aliphatic carbocycles. The maximum absolute atomic E-state index is 5.00. The second-order valence-electron chi connectivity index (χ2n) is 14.6. The van der Waals surface area contributed by atoms with Crippen LogP contribution in [0.2, 0.25) is 0 Å². The van der Waals surface area contributed by atoms with Gasteiger partial charge in [0, 0.05) is 66.0 Å².